The Kier molecular flexibility index (Phi) is 11.6. The Bertz CT molecular complexity index is 1960. The second kappa shape index (κ2) is 15.0. The minimum absolute atomic E-state index is 0. The van der Waals surface area contributed by atoms with Crippen LogP contribution in [-0.2, 0) is 54.6 Å². The van der Waals surface area contributed by atoms with E-state index in [9.17, 15) is 40.8 Å². The van der Waals surface area contributed by atoms with Crippen LogP contribution in [0.15, 0.2) is 42.5 Å². The van der Waals surface area contributed by atoms with Crippen molar-refractivity contribution in [2.75, 3.05) is 12.3 Å². The average Bonchev–Trinajstić information content (AvgIpc) is 3.89. The lowest BCUT2D eigenvalue weighted by molar-refractivity contribution is -0.145. The lowest BCUT2D eigenvalue weighted by Gasteiger charge is -2.35. The van der Waals surface area contributed by atoms with Gasteiger partial charge in [-0.2, -0.15) is 13.2 Å². The number of carbonyl (C=O) groups excluding carboxylic acids is 4. The quantitative estimate of drug-likeness (QED) is 0.256. The van der Waals surface area contributed by atoms with Gasteiger partial charge in [-0.05, 0) is 72.8 Å². The monoisotopic (exact) mass is 809 g/mol. The Labute approximate surface area is 326 Å². The first kappa shape index (κ1) is 42.5. The summed E-state index contributed by atoms with van der Waals surface area (Å²) < 4.78 is 72.0. The van der Waals surface area contributed by atoms with Gasteiger partial charge in [-0.25, -0.2) is 13.2 Å². The van der Waals surface area contributed by atoms with Gasteiger partial charge in [-0.3, -0.25) is 19.3 Å². The SMILES string of the molecule is C.CC[C@@H]1C[C@]1(NC(=O)[C@@H]1C[C@@H](OC(=O)N2Cc3cccc(Cl)c3C2)CN1C(=O)[C@@H](Cc1cccc(C(F)(F)F)c1)C(C)(C)C)C(=O)CS(=O)(=O)C1(C)CC1. The number of amides is 3. The molecule has 2 aliphatic carbocycles. The van der Waals surface area contributed by atoms with E-state index < -0.39 is 84.8 Å². The topological polar surface area (TPSA) is 130 Å². The molecule has 2 saturated carbocycles. The van der Waals surface area contributed by atoms with E-state index in [-0.39, 0.29) is 57.8 Å². The highest BCUT2D eigenvalue weighted by molar-refractivity contribution is 7.93. The van der Waals surface area contributed by atoms with Crippen molar-refractivity contribution >= 4 is 45.1 Å². The Morgan fingerprint density at radius 2 is 1.73 bits per heavy atom. The van der Waals surface area contributed by atoms with Crippen molar-refractivity contribution < 1.29 is 45.5 Å². The van der Waals surface area contributed by atoms with Gasteiger partial charge < -0.3 is 15.0 Å². The molecule has 1 N–H and O–H groups in total. The van der Waals surface area contributed by atoms with Gasteiger partial charge in [0.25, 0.3) is 0 Å². The first-order valence-electron chi connectivity index (χ1n) is 18.3. The zero-order valence-corrected chi connectivity index (χ0v) is 32.7. The number of halogens is 4. The lowest BCUT2D eigenvalue weighted by atomic mass is 9.76. The van der Waals surface area contributed by atoms with Crippen LogP contribution in [0.4, 0.5) is 18.0 Å². The van der Waals surface area contributed by atoms with Crippen LogP contribution in [0.2, 0.25) is 5.02 Å². The molecule has 2 heterocycles. The van der Waals surface area contributed by atoms with Crippen molar-refractivity contribution in [3.05, 3.63) is 69.7 Å². The van der Waals surface area contributed by atoms with Crippen LogP contribution in [-0.4, -0.2) is 76.6 Å². The molecule has 6 rings (SSSR count). The van der Waals surface area contributed by atoms with E-state index in [1.165, 1.54) is 21.9 Å². The van der Waals surface area contributed by atoms with E-state index in [0.717, 1.165) is 23.3 Å². The largest absolute Gasteiger partial charge is 0.444 e. The van der Waals surface area contributed by atoms with E-state index >= 15 is 0 Å². The van der Waals surface area contributed by atoms with Gasteiger partial charge in [0.05, 0.1) is 23.4 Å². The molecule has 3 fully saturated rings. The number of likely N-dealkylation sites (tertiary alicyclic amines) is 1. The molecule has 0 radical (unpaired) electrons. The number of ketones is 1. The van der Waals surface area contributed by atoms with Crippen LogP contribution < -0.4 is 5.32 Å². The fourth-order valence-electron chi connectivity index (χ4n) is 7.83. The predicted octanol–water partition coefficient (Wildman–Crippen LogP) is 7.14. The predicted molar refractivity (Wildman–Crippen MR) is 202 cm³/mol. The molecule has 10 nitrogen and oxygen atoms in total. The number of fused-ring (bicyclic) bond motifs is 1. The second-order valence-electron chi connectivity index (χ2n) is 16.7. The van der Waals surface area contributed by atoms with Gasteiger partial charge >= 0.3 is 12.3 Å². The number of benzene rings is 2. The molecule has 0 spiro atoms. The van der Waals surface area contributed by atoms with Crippen LogP contribution in [0.3, 0.4) is 0 Å². The molecule has 0 aromatic heterocycles. The minimum atomic E-state index is -4.59. The van der Waals surface area contributed by atoms with Gasteiger partial charge in [0.15, 0.2) is 15.6 Å². The van der Waals surface area contributed by atoms with Gasteiger partial charge in [-0.15, -0.1) is 0 Å². The molecule has 4 aliphatic rings. The summed E-state index contributed by atoms with van der Waals surface area (Å²) in [6, 6.07) is 8.92. The number of ether oxygens (including phenoxy) is 1. The molecule has 0 unspecified atom stereocenters. The van der Waals surface area contributed by atoms with E-state index in [1.807, 2.05) is 13.0 Å². The van der Waals surface area contributed by atoms with Crippen molar-refractivity contribution in [1.29, 1.82) is 0 Å². The van der Waals surface area contributed by atoms with Crippen molar-refractivity contribution in [2.24, 2.45) is 17.3 Å². The van der Waals surface area contributed by atoms with E-state index in [0.29, 0.717) is 24.3 Å². The Morgan fingerprint density at radius 1 is 1.05 bits per heavy atom. The van der Waals surface area contributed by atoms with Gasteiger partial charge in [0.1, 0.15) is 23.4 Å². The zero-order chi connectivity index (χ0) is 39.6. The number of hydrogen-bond donors (Lipinski definition) is 1. The summed E-state index contributed by atoms with van der Waals surface area (Å²) in [5.41, 5.74) is -1.11. The molecule has 55 heavy (non-hydrogen) atoms. The van der Waals surface area contributed by atoms with Crippen molar-refractivity contribution in [3.8, 4) is 0 Å². The number of nitrogens with one attached hydrogen (secondary N) is 1. The van der Waals surface area contributed by atoms with Crippen LogP contribution in [0, 0.1) is 17.3 Å². The molecule has 15 heteroatoms. The van der Waals surface area contributed by atoms with Gasteiger partial charge in [-0.1, -0.05) is 83.5 Å². The maximum atomic E-state index is 14.6. The minimum Gasteiger partial charge on any atom is -0.444 e. The number of Topliss-reactive ketones (excluding diaryl/α,β-unsaturated/α-hetero) is 1. The zero-order valence-electron chi connectivity index (χ0n) is 31.1. The van der Waals surface area contributed by atoms with Gasteiger partial charge in [0.2, 0.25) is 11.8 Å². The third-order valence-electron chi connectivity index (χ3n) is 11.8. The number of sulfone groups is 1. The lowest BCUT2D eigenvalue weighted by Crippen LogP contribution is -2.55. The Morgan fingerprint density at radius 3 is 2.31 bits per heavy atom. The highest BCUT2D eigenvalue weighted by atomic mass is 35.5. The van der Waals surface area contributed by atoms with Crippen LogP contribution in [0.5, 0.6) is 0 Å². The maximum absolute atomic E-state index is 14.6. The number of rotatable bonds is 11. The number of nitrogens with zero attached hydrogens (tertiary/aromatic N) is 2. The number of hydrogen-bond acceptors (Lipinski definition) is 7. The Balaban J connectivity index is 0.00000580. The smallest absolute Gasteiger partial charge is 0.416 e. The summed E-state index contributed by atoms with van der Waals surface area (Å²) in [6.07, 6.45) is -4.69. The molecule has 2 aromatic rings. The first-order valence-corrected chi connectivity index (χ1v) is 20.4. The molecule has 3 amide bonds. The Hall–Kier alpha value is -3.65. The van der Waals surface area contributed by atoms with Crippen LogP contribution in [0.1, 0.15) is 96.4 Å². The maximum Gasteiger partial charge on any atom is 0.416 e. The molecular weight excluding hydrogens is 759 g/mol. The summed E-state index contributed by atoms with van der Waals surface area (Å²) in [7, 11) is -3.77. The molecule has 1 saturated heterocycles. The second-order valence-corrected chi connectivity index (χ2v) is 19.6. The van der Waals surface area contributed by atoms with E-state index in [4.69, 9.17) is 16.3 Å². The average molecular weight is 810 g/mol. The van der Waals surface area contributed by atoms with Crippen molar-refractivity contribution in [1.82, 2.24) is 15.1 Å². The number of carbonyl (C=O) groups is 4. The molecule has 5 atom stereocenters. The summed E-state index contributed by atoms with van der Waals surface area (Å²) in [6.45, 7) is 9.09. The highest BCUT2D eigenvalue weighted by Crippen LogP contribution is 2.49. The third-order valence-corrected chi connectivity index (χ3v) is 14.7. The van der Waals surface area contributed by atoms with Crippen molar-refractivity contribution in [3.63, 3.8) is 0 Å². The summed E-state index contributed by atoms with van der Waals surface area (Å²) in [4.78, 5) is 58.9. The van der Waals surface area contributed by atoms with Crippen LogP contribution in [0.25, 0.3) is 0 Å². The molecule has 2 aromatic carbocycles. The fraction of sp³-hybridized carbons (Fsp3) is 0.600. The van der Waals surface area contributed by atoms with Gasteiger partial charge in [0, 0.05) is 23.9 Å². The normalized spacial score (nSPS) is 24.7. The fourth-order valence-corrected chi connectivity index (χ4v) is 9.76. The standard InChI is InChI=1S/C39H47ClF3N3O7S.CH4/c1-6-25-18-38(25,32(47)22-54(51,52)37(5)13-14-37)44-33(48)31-17-27(53-35(50)45-19-24-10-8-12-30(40)28(24)21-45)20-46(31)34(49)29(36(2,3)4)16-23-9-7-11-26(15-23)39(41,42)43;/h7-12,15,25,27,29,31H,6,13-14,16-22H2,1-5H3,(H,44,48);1H4/t25-,27-,29-,31+,38-;/m1./s1. The first-order chi connectivity index (χ1) is 25.1. The molecule has 302 valence electrons. The summed E-state index contributed by atoms with van der Waals surface area (Å²) >= 11 is 6.35. The summed E-state index contributed by atoms with van der Waals surface area (Å²) in [5.74, 6) is -3.72. The molecular formula is C40H51ClF3N3O7S. The summed E-state index contributed by atoms with van der Waals surface area (Å²) in [5, 5.41) is 3.36. The third kappa shape index (κ3) is 8.55. The highest BCUT2D eigenvalue weighted by Gasteiger charge is 2.62. The molecule has 2 aliphatic heterocycles. The van der Waals surface area contributed by atoms with E-state index in [2.05, 4.69) is 5.32 Å². The van der Waals surface area contributed by atoms with E-state index in [1.54, 1.807) is 39.8 Å². The molecule has 0 bridgehead atoms. The van der Waals surface area contributed by atoms with Crippen LogP contribution >= 0.6 is 11.6 Å². The number of alkyl halides is 3. The van der Waals surface area contributed by atoms with Crippen molar-refractivity contribution in [2.45, 2.75) is 122 Å².